The molecule has 0 saturated heterocycles. The number of hydrogen-bond acceptors (Lipinski definition) is 5. The normalized spacial score (nSPS) is 11.3. The zero-order chi connectivity index (χ0) is 32.6. The van der Waals surface area contributed by atoms with Crippen LogP contribution in [-0.2, 0) is 0 Å². The van der Waals surface area contributed by atoms with Crippen LogP contribution in [0.4, 0.5) is 0 Å². The summed E-state index contributed by atoms with van der Waals surface area (Å²) in [5.41, 5.74) is 10.1. The molecular formula is C44H28S5. The minimum absolute atomic E-state index is 1.26. The van der Waals surface area contributed by atoms with Gasteiger partial charge in [0, 0.05) is 39.0 Å². The van der Waals surface area contributed by atoms with Crippen LogP contribution in [0.2, 0.25) is 0 Å². The Bertz CT molecular complexity index is 2260. The van der Waals surface area contributed by atoms with Crippen LogP contribution in [-0.4, -0.2) is 0 Å². The Kier molecular flexibility index (Phi) is 8.30. The Labute approximate surface area is 306 Å². The van der Waals surface area contributed by atoms with Gasteiger partial charge in [0.25, 0.3) is 0 Å². The molecule has 0 spiro atoms. The lowest BCUT2D eigenvalue weighted by Gasteiger charge is -2.03. The number of benzene rings is 4. The van der Waals surface area contributed by atoms with Crippen LogP contribution in [0.3, 0.4) is 0 Å². The minimum atomic E-state index is 1.26. The van der Waals surface area contributed by atoms with Crippen molar-refractivity contribution >= 4 is 56.7 Å². The Hall–Kier alpha value is -4.62. The molecule has 0 N–H and O–H groups in total. The maximum absolute atomic E-state index is 2.26. The van der Waals surface area contributed by atoms with E-state index in [2.05, 4.69) is 168 Å². The maximum atomic E-state index is 2.26. The Morgan fingerprint density at radius 3 is 0.592 bits per heavy atom. The van der Waals surface area contributed by atoms with Gasteiger partial charge < -0.3 is 0 Å². The molecule has 5 heterocycles. The first-order chi connectivity index (χ1) is 24.2. The quantitative estimate of drug-likeness (QED) is 0.147. The largest absolute Gasteiger partial charge is 0.144 e. The van der Waals surface area contributed by atoms with Gasteiger partial charge in [-0.15, -0.1) is 56.7 Å². The second-order valence-electron chi connectivity index (χ2n) is 11.8. The topological polar surface area (TPSA) is 0 Å². The third-order valence-electron chi connectivity index (χ3n) is 8.68. The third kappa shape index (κ3) is 6.32. The van der Waals surface area contributed by atoms with E-state index in [1.165, 1.54) is 83.5 Å². The van der Waals surface area contributed by atoms with Crippen molar-refractivity contribution in [1.82, 2.24) is 0 Å². The highest BCUT2D eigenvalue weighted by Gasteiger charge is 2.11. The maximum Gasteiger partial charge on any atom is 0.0349 e. The summed E-state index contributed by atoms with van der Waals surface area (Å²) in [4.78, 5) is 10.4. The summed E-state index contributed by atoms with van der Waals surface area (Å²) in [5.74, 6) is 0. The molecule has 0 unspecified atom stereocenters. The van der Waals surface area contributed by atoms with Crippen LogP contribution in [0.15, 0.2) is 168 Å². The molecule has 0 aliphatic carbocycles. The number of thiophene rings is 5. The van der Waals surface area contributed by atoms with E-state index in [4.69, 9.17) is 0 Å². The molecule has 0 aliphatic rings. The second kappa shape index (κ2) is 13.4. The van der Waals surface area contributed by atoms with Crippen molar-refractivity contribution in [1.29, 1.82) is 0 Å². The molecule has 0 atom stereocenters. The first kappa shape index (κ1) is 30.4. The SMILES string of the molecule is c1csc(-c2ccc(-c3ccc(-c4ccc(-c5ccc(-c6ccc(-c7ccc(-c8ccc(-c9cccs9)cc8)s7)cc6)s5)cc4)s3)cc2)c1. The van der Waals surface area contributed by atoms with Crippen LogP contribution in [0.1, 0.15) is 0 Å². The standard InChI is InChI=1S/C44H28S5/c1-3-37(45-27-1)29-5-9-31(10-6-29)39-21-23-41(47-39)33-13-17-35(18-14-33)43-25-26-44(49-43)36-19-15-34(16-20-36)42-24-22-40(48-42)32-11-7-30(8-12-32)38-4-2-28-46-38/h1-28H. The van der Waals surface area contributed by atoms with Gasteiger partial charge >= 0.3 is 0 Å². The molecule has 0 nitrogen and oxygen atoms in total. The molecular weight excluding hydrogens is 689 g/mol. The fourth-order valence-corrected chi connectivity index (χ4v) is 10.5. The van der Waals surface area contributed by atoms with E-state index in [-0.39, 0.29) is 0 Å². The molecule has 0 radical (unpaired) electrons. The average molecular weight is 717 g/mol. The van der Waals surface area contributed by atoms with Gasteiger partial charge in [-0.3, -0.25) is 0 Å². The van der Waals surface area contributed by atoms with Crippen molar-refractivity contribution in [2.24, 2.45) is 0 Å². The Balaban J connectivity index is 0.867. The molecule has 234 valence electrons. The highest BCUT2D eigenvalue weighted by atomic mass is 32.1. The summed E-state index contributed by atoms with van der Waals surface area (Å²) in [7, 11) is 0. The molecule has 5 heteroatoms. The average Bonchev–Trinajstić information content (AvgIpc) is 4.02. The Morgan fingerprint density at radius 1 is 0.204 bits per heavy atom. The van der Waals surface area contributed by atoms with Gasteiger partial charge in [0.2, 0.25) is 0 Å². The van der Waals surface area contributed by atoms with E-state index in [9.17, 15) is 0 Å². The van der Waals surface area contributed by atoms with Gasteiger partial charge in [0.1, 0.15) is 0 Å². The van der Waals surface area contributed by atoms with Gasteiger partial charge in [0.15, 0.2) is 0 Å². The van der Waals surface area contributed by atoms with Crippen molar-refractivity contribution in [2.45, 2.75) is 0 Å². The Morgan fingerprint density at radius 2 is 0.408 bits per heavy atom. The molecule has 4 aromatic carbocycles. The third-order valence-corrected chi connectivity index (χ3v) is 14.1. The van der Waals surface area contributed by atoms with Crippen LogP contribution in [0.25, 0.3) is 83.5 Å². The van der Waals surface area contributed by atoms with Crippen LogP contribution < -0.4 is 0 Å². The van der Waals surface area contributed by atoms with Gasteiger partial charge in [-0.2, -0.15) is 0 Å². The summed E-state index contributed by atoms with van der Waals surface area (Å²) in [6.07, 6.45) is 0. The second-order valence-corrected chi connectivity index (χ2v) is 16.9. The lowest BCUT2D eigenvalue weighted by Crippen LogP contribution is -1.75. The van der Waals surface area contributed by atoms with E-state index in [0.29, 0.717) is 0 Å². The van der Waals surface area contributed by atoms with E-state index >= 15 is 0 Å². The zero-order valence-electron chi connectivity index (χ0n) is 26.2. The molecule has 9 aromatic rings. The minimum Gasteiger partial charge on any atom is -0.144 e. The zero-order valence-corrected chi connectivity index (χ0v) is 30.3. The summed E-state index contributed by atoms with van der Waals surface area (Å²) in [6.45, 7) is 0. The van der Waals surface area contributed by atoms with E-state index in [0.717, 1.165) is 0 Å². The van der Waals surface area contributed by atoms with Crippen molar-refractivity contribution in [3.63, 3.8) is 0 Å². The van der Waals surface area contributed by atoms with Gasteiger partial charge in [-0.1, -0.05) is 109 Å². The smallest absolute Gasteiger partial charge is 0.0349 e. The van der Waals surface area contributed by atoms with Crippen molar-refractivity contribution in [3.05, 3.63) is 168 Å². The van der Waals surface area contributed by atoms with Crippen LogP contribution in [0.5, 0.6) is 0 Å². The van der Waals surface area contributed by atoms with Gasteiger partial charge in [0.05, 0.1) is 0 Å². The van der Waals surface area contributed by atoms with E-state index in [1.807, 2.05) is 34.0 Å². The van der Waals surface area contributed by atoms with E-state index in [1.54, 1.807) is 22.7 Å². The molecule has 0 fully saturated rings. The fraction of sp³-hybridized carbons (Fsp3) is 0. The number of rotatable bonds is 8. The fourth-order valence-electron chi connectivity index (χ4n) is 6.03. The van der Waals surface area contributed by atoms with Crippen LogP contribution in [0, 0.1) is 0 Å². The number of hydrogen-bond donors (Lipinski definition) is 0. The lowest BCUT2D eigenvalue weighted by molar-refractivity contribution is 1.68. The van der Waals surface area contributed by atoms with Crippen LogP contribution >= 0.6 is 56.7 Å². The van der Waals surface area contributed by atoms with E-state index < -0.39 is 0 Å². The summed E-state index contributed by atoms with van der Waals surface area (Å²) < 4.78 is 0. The summed E-state index contributed by atoms with van der Waals surface area (Å²) in [6, 6.07) is 58.0. The molecule has 0 amide bonds. The molecule has 0 saturated carbocycles. The lowest BCUT2D eigenvalue weighted by atomic mass is 10.1. The summed E-state index contributed by atoms with van der Waals surface area (Å²) >= 11 is 9.12. The highest BCUT2D eigenvalue weighted by Crippen LogP contribution is 2.40. The molecule has 0 bridgehead atoms. The van der Waals surface area contributed by atoms with Crippen molar-refractivity contribution < 1.29 is 0 Å². The first-order valence-corrected chi connectivity index (χ1v) is 20.2. The predicted octanol–water partition coefficient (Wildman–Crippen LogP) is 15.3. The molecule has 9 rings (SSSR count). The molecule has 49 heavy (non-hydrogen) atoms. The first-order valence-electron chi connectivity index (χ1n) is 16.0. The van der Waals surface area contributed by atoms with Crippen molar-refractivity contribution in [3.8, 4) is 83.5 Å². The summed E-state index contributed by atoms with van der Waals surface area (Å²) in [5, 5.41) is 4.26. The monoisotopic (exact) mass is 716 g/mol. The van der Waals surface area contributed by atoms with Gasteiger partial charge in [-0.25, -0.2) is 0 Å². The van der Waals surface area contributed by atoms with Gasteiger partial charge in [-0.05, 0) is 104 Å². The molecule has 5 aromatic heterocycles. The predicted molar refractivity (Wildman–Crippen MR) is 219 cm³/mol. The molecule has 0 aliphatic heterocycles. The van der Waals surface area contributed by atoms with Crippen molar-refractivity contribution in [2.75, 3.05) is 0 Å². The highest BCUT2D eigenvalue weighted by molar-refractivity contribution is 7.19.